The molecule has 0 aromatic heterocycles. The Morgan fingerprint density at radius 2 is 2.11 bits per heavy atom. The van der Waals surface area contributed by atoms with Crippen LogP contribution in [0.3, 0.4) is 0 Å². The average Bonchev–Trinajstić information content (AvgIpc) is 2.74. The monoisotopic (exact) mass is 263 g/mol. The fraction of sp³-hybridized carbons (Fsp3) is 0.500. The van der Waals surface area contributed by atoms with Crippen LogP contribution < -0.4 is 15.2 Å². The zero-order valence-electron chi connectivity index (χ0n) is 11.9. The minimum Gasteiger partial charge on any atom is -0.497 e. The Bertz CT molecular complexity index is 501. The fourth-order valence-electron chi connectivity index (χ4n) is 2.63. The van der Waals surface area contributed by atoms with Gasteiger partial charge in [0.05, 0.1) is 26.3 Å². The lowest BCUT2D eigenvalue weighted by molar-refractivity contribution is 0.226. The van der Waals surface area contributed by atoms with Crippen molar-refractivity contribution in [2.24, 2.45) is 10.7 Å². The molecule has 1 aliphatic heterocycles. The number of nitrogens with two attached hydrogens (primary N) is 1. The van der Waals surface area contributed by atoms with Gasteiger partial charge >= 0.3 is 0 Å². The first-order valence-electron chi connectivity index (χ1n) is 6.37. The minimum absolute atomic E-state index is 0.293. The van der Waals surface area contributed by atoms with Gasteiger partial charge in [-0.3, -0.25) is 4.99 Å². The van der Waals surface area contributed by atoms with E-state index in [4.69, 9.17) is 15.2 Å². The third kappa shape index (κ3) is 2.09. The molecule has 5 nitrogen and oxygen atoms in total. The van der Waals surface area contributed by atoms with Crippen molar-refractivity contribution >= 4 is 5.96 Å². The van der Waals surface area contributed by atoms with Crippen LogP contribution in [-0.4, -0.2) is 38.2 Å². The van der Waals surface area contributed by atoms with Gasteiger partial charge in [0.25, 0.3) is 0 Å². The number of likely N-dealkylation sites (N-methyl/N-ethyl adjacent to an activating group) is 1. The minimum atomic E-state index is -0.293. The molecule has 19 heavy (non-hydrogen) atoms. The Balaban J connectivity index is 2.51. The molecular weight excluding hydrogens is 242 g/mol. The highest BCUT2D eigenvalue weighted by Crippen LogP contribution is 2.39. The van der Waals surface area contributed by atoms with Crippen LogP contribution in [0.25, 0.3) is 0 Å². The molecule has 0 saturated carbocycles. The summed E-state index contributed by atoms with van der Waals surface area (Å²) in [5.41, 5.74) is 6.72. The van der Waals surface area contributed by atoms with E-state index in [0.717, 1.165) is 23.6 Å². The van der Waals surface area contributed by atoms with Gasteiger partial charge in [0.15, 0.2) is 5.96 Å². The molecule has 1 aromatic carbocycles. The summed E-state index contributed by atoms with van der Waals surface area (Å²) in [4.78, 5) is 6.46. The fourth-order valence-corrected chi connectivity index (χ4v) is 2.63. The topological polar surface area (TPSA) is 60.1 Å². The van der Waals surface area contributed by atoms with Gasteiger partial charge in [-0.05, 0) is 32.0 Å². The van der Waals surface area contributed by atoms with Crippen LogP contribution in [-0.2, 0) is 5.54 Å². The van der Waals surface area contributed by atoms with Crippen molar-refractivity contribution in [1.82, 2.24) is 4.90 Å². The Kier molecular flexibility index (Phi) is 3.55. The number of nitrogens with zero attached hydrogens (tertiary/aromatic N) is 2. The number of ether oxygens (including phenoxy) is 2. The summed E-state index contributed by atoms with van der Waals surface area (Å²) in [5.74, 6) is 2.21. The highest BCUT2D eigenvalue weighted by atomic mass is 16.5. The molecule has 0 radical (unpaired) electrons. The maximum Gasteiger partial charge on any atom is 0.192 e. The quantitative estimate of drug-likeness (QED) is 0.895. The number of hydrogen-bond acceptors (Lipinski definition) is 5. The van der Waals surface area contributed by atoms with E-state index in [1.165, 1.54) is 0 Å². The van der Waals surface area contributed by atoms with E-state index in [2.05, 4.69) is 23.7 Å². The largest absolute Gasteiger partial charge is 0.497 e. The Hall–Kier alpha value is -1.91. The molecule has 104 valence electrons. The van der Waals surface area contributed by atoms with Crippen LogP contribution in [0.15, 0.2) is 23.2 Å². The van der Waals surface area contributed by atoms with Crippen LogP contribution in [0.5, 0.6) is 11.5 Å². The van der Waals surface area contributed by atoms with Crippen molar-refractivity contribution in [3.63, 3.8) is 0 Å². The lowest BCUT2D eigenvalue weighted by Crippen LogP contribution is -2.47. The van der Waals surface area contributed by atoms with E-state index in [1.807, 2.05) is 18.2 Å². The molecule has 1 unspecified atom stereocenters. The molecular formula is C14H21N3O2. The van der Waals surface area contributed by atoms with Gasteiger partial charge in [-0.15, -0.1) is 0 Å². The highest BCUT2D eigenvalue weighted by molar-refractivity contribution is 5.81. The van der Waals surface area contributed by atoms with Crippen molar-refractivity contribution in [3.05, 3.63) is 23.8 Å². The van der Waals surface area contributed by atoms with Crippen molar-refractivity contribution < 1.29 is 9.47 Å². The third-order valence-electron chi connectivity index (χ3n) is 3.72. The van der Waals surface area contributed by atoms with E-state index in [0.29, 0.717) is 12.5 Å². The summed E-state index contributed by atoms with van der Waals surface area (Å²) < 4.78 is 10.8. The highest BCUT2D eigenvalue weighted by Gasteiger charge is 2.40. The van der Waals surface area contributed by atoms with Crippen LogP contribution in [0.4, 0.5) is 0 Å². The van der Waals surface area contributed by atoms with E-state index < -0.39 is 0 Å². The van der Waals surface area contributed by atoms with Crippen molar-refractivity contribution in [2.45, 2.75) is 19.4 Å². The maximum absolute atomic E-state index is 5.97. The second-order valence-electron chi connectivity index (χ2n) is 4.76. The average molecular weight is 263 g/mol. The summed E-state index contributed by atoms with van der Waals surface area (Å²) in [6.45, 7) is 5.61. The zero-order valence-corrected chi connectivity index (χ0v) is 11.9. The summed E-state index contributed by atoms with van der Waals surface area (Å²) >= 11 is 0. The molecule has 0 amide bonds. The van der Waals surface area contributed by atoms with Gasteiger partial charge < -0.3 is 20.1 Å². The number of aliphatic imine (C=N–C) groups is 1. The lowest BCUT2D eigenvalue weighted by atomic mass is 9.90. The second kappa shape index (κ2) is 4.99. The van der Waals surface area contributed by atoms with Gasteiger partial charge in [0, 0.05) is 12.1 Å². The second-order valence-corrected chi connectivity index (χ2v) is 4.76. The molecule has 0 fully saturated rings. The van der Waals surface area contributed by atoms with Crippen molar-refractivity contribution in [1.29, 1.82) is 0 Å². The van der Waals surface area contributed by atoms with Crippen molar-refractivity contribution in [3.8, 4) is 11.5 Å². The summed E-state index contributed by atoms with van der Waals surface area (Å²) in [6, 6.07) is 5.80. The molecule has 2 rings (SSSR count). The zero-order chi connectivity index (χ0) is 14.0. The normalized spacial score (nSPS) is 22.3. The molecule has 1 aromatic rings. The van der Waals surface area contributed by atoms with Crippen LogP contribution in [0.1, 0.15) is 19.4 Å². The predicted octanol–water partition coefficient (Wildman–Crippen LogP) is 1.57. The predicted molar refractivity (Wildman–Crippen MR) is 75.8 cm³/mol. The van der Waals surface area contributed by atoms with Gasteiger partial charge in [-0.1, -0.05) is 0 Å². The first-order valence-corrected chi connectivity index (χ1v) is 6.37. The summed E-state index contributed by atoms with van der Waals surface area (Å²) in [5, 5.41) is 0. The molecule has 0 saturated heterocycles. The number of methoxy groups -OCH3 is 2. The van der Waals surface area contributed by atoms with Gasteiger partial charge in [-0.25, -0.2) is 0 Å². The molecule has 5 heteroatoms. The Morgan fingerprint density at radius 1 is 1.37 bits per heavy atom. The summed E-state index contributed by atoms with van der Waals surface area (Å²) in [7, 11) is 3.33. The molecule has 1 aliphatic rings. The van der Waals surface area contributed by atoms with Crippen molar-refractivity contribution in [2.75, 3.05) is 27.3 Å². The third-order valence-corrected chi connectivity index (χ3v) is 3.72. The molecule has 1 atom stereocenters. The maximum atomic E-state index is 5.97. The molecule has 1 heterocycles. The van der Waals surface area contributed by atoms with E-state index >= 15 is 0 Å². The first kappa shape index (κ1) is 13.5. The summed E-state index contributed by atoms with van der Waals surface area (Å²) in [6.07, 6.45) is 0. The number of hydrogen-bond donors (Lipinski definition) is 1. The number of benzene rings is 1. The van der Waals surface area contributed by atoms with Gasteiger partial charge in [0.2, 0.25) is 0 Å². The van der Waals surface area contributed by atoms with E-state index in [-0.39, 0.29) is 5.54 Å². The number of guanidine groups is 1. The number of rotatable bonds is 4. The van der Waals surface area contributed by atoms with E-state index in [1.54, 1.807) is 14.2 Å². The van der Waals surface area contributed by atoms with Gasteiger partial charge in [0.1, 0.15) is 11.5 Å². The molecule has 0 spiro atoms. The Labute approximate surface area is 114 Å². The lowest BCUT2D eigenvalue weighted by Gasteiger charge is -2.36. The molecule has 0 aliphatic carbocycles. The van der Waals surface area contributed by atoms with Crippen LogP contribution in [0, 0.1) is 0 Å². The SMILES string of the molecule is CCN1C(N)=NCC1(C)c1cc(OC)ccc1OC. The van der Waals surface area contributed by atoms with Gasteiger partial charge in [-0.2, -0.15) is 0 Å². The molecule has 0 bridgehead atoms. The molecule has 2 N–H and O–H groups in total. The van der Waals surface area contributed by atoms with Crippen LogP contribution >= 0.6 is 0 Å². The first-order chi connectivity index (χ1) is 9.06. The van der Waals surface area contributed by atoms with E-state index in [9.17, 15) is 0 Å². The Morgan fingerprint density at radius 3 is 2.68 bits per heavy atom. The standard InChI is InChI=1S/C14H21N3O2/c1-5-17-13(15)16-9-14(17,2)11-8-10(18-3)6-7-12(11)19-4/h6-8H,5,9H2,1-4H3,(H2,15,16). The smallest absolute Gasteiger partial charge is 0.192 e. The van der Waals surface area contributed by atoms with Crippen LogP contribution in [0.2, 0.25) is 0 Å².